The molecule has 0 aliphatic heterocycles. The van der Waals surface area contributed by atoms with Gasteiger partial charge in [0.05, 0.1) is 29.4 Å². The van der Waals surface area contributed by atoms with Gasteiger partial charge in [-0.15, -0.1) is 0 Å². The molecule has 0 aliphatic rings. The average Bonchev–Trinajstić information content (AvgIpc) is 3.13. The molecule has 1 heterocycles. The molecule has 1 unspecified atom stereocenters. The molecule has 0 bridgehead atoms. The Balaban J connectivity index is 2.32. The van der Waals surface area contributed by atoms with Crippen molar-refractivity contribution in [1.82, 2.24) is 9.55 Å². The molecule has 0 aliphatic carbocycles. The molecule has 3 rings (SSSR count). The van der Waals surface area contributed by atoms with Crippen LogP contribution in [0.15, 0.2) is 71.7 Å². The number of aromatic nitrogens is 2. The second-order valence-electron chi connectivity index (χ2n) is 5.51. The number of nitro groups is 1. The van der Waals surface area contributed by atoms with Crippen LogP contribution in [0.2, 0.25) is 0 Å². The standard InChI is InChI=1S/C18H13BrN4O2/c19-16-7-3-1-5-14(16)18(11-20,12-22-10-9-21-13-22)15-6-2-4-8-17(15)23(24)25/h1-10,13H,12H2. The van der Waals surface area contributed by atoms with Crippen LogP contribution in [0.5, 0.6) is 0 Å². The van der Waals surface area contributed by atoms with Gasteiger partial charge in [0, 0.05) is 22.9 Å². The highest BCUT2D eigenvalue weighted by Crippen LogP contribution is 2.41. The van der Waals surface area contributed by atoms with Crippen LogP contribution < -0.4 is 0 Å². The molecule has 2 aromatic carbocycles. The number of halogens is 1. The van der Waals surface area contributed by atoms with Crippen molar-refractivity contribution in [1.29, 1.82) is 5.26 Å². The SMILES string of the molecule is N#CC(Cn1ccnc1)(c1ccccc1Br)c1ccccc1[N+](=O)[O-]. The van der Waals surface area contributed by atoms with Crippen LogP contribution in [-0.4, -0.2) is 14.5 Å². The van der Waals surface area contributed by atoms with Crippen molar-refractivity contribution in [3.8, 4) is 6.07 Å². The summed E-state index contributed by atoms with van der Waals surface area (Å²) in [4.78, 5) is 15.1. The van der Waals surface area contributed by atoms with E-state index in [0.717, 1.165) is 4.47 Å². The number of hydrogen-bond acceptors (Lipinski definition) is 4. The van der Waals surface area contributed by atoms with Gasteiger partial charge in [0.15, 0.2) is 0 Å². The van der Waals surface area contributed by atoms with Crippen molar-refractivity contribution in [3.05, 3.63) is 93.0 Å². The molecule has 0 saturated heterocycles. The van der Waals surface area contributed by atoms with E-state index in [9.17, 15) is 15.4 Å². The van der Waals surface area contributed by atoms with Crippen LogP contribution in [0.25, 0.3) is 0 Å². The molecule has 0 spiro atoms. The number of nitrogens with zero attached hydrogens (tertiary/aromatic N) is 4. The maximum atomic E-state index is 11.6. The smallest absolute Gasteiger partial charge is 0.274 e. The second kappa shape index (κ2) is 6.87. The third-order valence-corrected chi connectivity index (χ3v) is 4.76. The van der Waals surface area contributed by atoms with Gasteiger partial charge in [-0.1, -0.05) is 52.3 Å². The lowest BCUT2D eigenvalue weighted by Crippen LogP contribution is -2.32. The summed E-state index contributed by atoms with van der Waals surface area (Å²) in [5.41, 5.74) is -0.312. The number of nitro benzene ring substituents is 1. The predicted molar refractivity (Wildman–Crippen MR) is 95.9 cm³/mol. The van der Waals surface area contributed by atoms with Gasteiger partial charge in [0.2, 0.25) is 0 Å². The minimum absolute atomic E-state index is 0.0834. The molecule has 1 aromatic heterocycles. The summed E-state index contributed by atoms with van der Waals surface area (Å²) >= 11 is 3.49. The van der Waals surface area contributed by atoms with Crippen molar-refractivity contribution in [3.63, 3.8) is 0 Å². The largest absolute Gasteiger partial charge is 0.335 e. The lowest BCUT2D eigenvalue weighted by Gasteiger charge is -2.28. The first kappa shape index (κ1) is 16.9. The van der Waals surface area contributed by atoms with E-state index in [1.165, 1.54) is 6.07 Å². The average molecular weight is 397 g/mol. The highest BCUT2D eigenvalue weighted by Gasteiger charge is 2.41. The highest BCUT2D eigenvalue weighted by molar-refractivity contribution is 9.10. The number of imidazole rings is 1. The van der Waals surface area contributed by atoms with Crippen LogP contribution in [0.3, 0.4) is 0 Å². The third-order valence-electron chi connectivity index (χ3n) is 4.06. The molecular formula is C18H13BrN4O2. The molecule has 0 fully saturated rings. The maximum absolute atomic E-state index is 11.6. The zero-order valence-electron chi connectivity index (χ0n) is 13.0. The first-order chi connectivity index (χ1) is 12.1. The Labute approximate surface area is 152 Å². The number of rotatable bonds is 5. The fourth-order valence-electron chi connectivity index (χ4n) is 2.93. The molecular weight excluding hydrogens is 384 g/mol. The lowest BCUT2D eigenvalue weighted by molar-refractivity contribution is -0.385. The quantitative estimate of drug-likeness (QED) is 0.480. The number of para-hydroxylation sites is 1. The summed E-state index contributed by atoms with van der Waals surface area (Å²) < 4.78 is 2.47. The normalized spacial score (nSPS) is 13.0. The Morgan fingerprint density at radius 2 is 1.88 bits per heavy atom. The van der Waals surface area contributed by atoms with E-state index in [1.807, 2.05) is 18.2 Å². The Hall–Kier alpha value is -2.98. The van der Waals surface area contributed by atoms with E-state index in [-0.39, 0.29) is 12.2 Å². The Morgan fingerprint density at radius 1 is 1.20 bits per heavy atom. The van der Waals surface area contributed by atoms with Crippen molar-refractivity contribution < 1.29 is 4.92 Å². The fourth-order valence-corrected chi connectivity index (χ4v) is 3.55. The number of nitriles is 1. The summed E-state index contributed by atoms with van der Waals surface area (Å²) in [5.74, 6) is 0. The van der Waals surface area contributed by atoms with E-state index >= 15 is 0 Å². The molecule has 0 radical (unpaired) electrons. The Bertz CT molecular complexity index is 950. The van der Waals surface area contributed by atoms with Crippen molar-refractivity contribution >= 4 is 21.6 Å². The summed E-state index contributed by atoms with van der Waals surface area (Å²) in [6.45, 7) is 0.205. The second-order valence-corrected chi connectivity index (χ2v) is 6.36. The molecule has 7 heteroatoms. The zero-order chi connectivity index (χ0) is 17.9. The number of benzene rings is 2. The van der Waals surface area contributed by atoms with Gasteiger partial charge in [-0.25, -0.2) is 4.98 Å². The van der Waals surface area contributed by atoms with Crippen LogP contribution in [-0.2, 0) is 12.0 Å². The van der Waals surface area contributed by atoms with E-state index < -0.39 is 10.3 Å². The maximum Gasteiger partial charge on any atom is 0.274 e. The van der Waals surface area contributed by atoms with Crippen molar-refractivity contribution in [2.24, 2.45) is 0 Å². The van der Waals surface area contributed by atoms with Gasteiger partial charge in [-0.3, -0.25) is 10.1 Å². The molecule has 25 heavy (non-hydrogen) atoms. The Morgan fingerprint density at radius 3 is 2.48 bits per heavy atom. The van der Waals surface area contributed by atoms with E-state index in [0.29, 0.717) is 11.1 Å². The van der Waals surface area contributed by atoms with E-state index in [2.05, 4.69) is 27.0 Å². The molecule has 3 aromatic rings. The number of hydrogen-bond donors (Lipinski definition) is 0. The Kier molecular flexibility index (Phi) is 4.63. The summed E-state index contributed by atoms with van der Waals surface area (Å²) in [6.07, 6.45) is 4.94. The third kappa shape index (κ3) is 3.04. The van der Waals surface area contributed by atoms with Gasteiger partial charge >= 0.3 is 0 Å². The van der Waals surface area contributed by atoms with E-state index in [1.54, 1.807) is 47.6 Å². The van der Waals surface area contributed by atoms with Gasteiger partial charge in [-0.05, 0) is 11.6 Å². The predicted octanol–water partition coefficient (Wildman–Crippen LogP) is 4.06. The molecule has 1 atom stereocenters. The molecule has 6 nitrogen and oxygen atoms in total. The van der Waals surface area contributed by atoms with Crippen LogP contribution >= 0.6 is 15.9 Å². The van der Waals surface area contributed by atoms with E-state index in [4.69, 9.17) is 0 Å². The molecule has 124 valence electrons. The monoisotopic (exact) mass is 396 g/mol. The van der Waals surface area contributed by atoms with Gasteiger partial charge < -0.3 is 4.57 Å². The summed E-state index contributed by atoms with van der Waals surface area (Å²) in [5, 5.41) is 21.8. The van der Waals surface area contributed by atoms with Crippen molar-refractivity contribution in [2.75, 3.05) is 0 Å². The fraction of sp³-hybridized carbons (Fsp3) is 0.111. The van der Waals surface area contributed by atoms with Crippen LogP contribution in [0.4, 0.5) is 5.69 Å². The molecule has 0 N–H and O–H groups in total. The van der Waals surface area contributed by atoms with Crippen LogP contribution in [0, 0.1) is 21.4 Å². The minimum Gasteiger partial charge on any atom is -0.335 e. The van der Waals surface area contributed by atoms with Crippen LogP contribution in [0.1, 0.15) is 11.1 Å². The topological polar surface area (TPSA) is 84.8 Å². The van der Waals surface area contributed by atoms with Crippen molar-refractivity contribution in [2.45, 2.75) is 12.0 Å². The first-order valence-electron chi connectivity index (χ1n) is 7.44. The van der Waals surface area contributed by atoms with Gasteiger partial charge in [-0.2, -0.15) is 5.26 Å². The molecule has 0 amide bonds. The minimum atomic E-state index is -1.25. The first-order valence-corrected chi connectivity index (χ1v) is 8.23. The lowest BCUT2D eigenvalue weighted by atomic mass is 9.74. The van der Waals surface area contributed by atoms with Gasteiger partial charge in [0.1, 0.15) is 5.41 Å². The summed E-state index contributed by atoms with van der Waals surface area (Å²) in [6, 6.07) is 16.0. The molecule has 0 saturated carbocycles. The zero-order valence-corrected chi connectivity index (χ0v) is 14.6. The van der Waals surface area contributed by atoms with Gasteiger partial charge in [0.25, 0.3) is 5.69 Å². The summed E-state index contributed by atoms with van der Waals surface area (Å²) in [7, 11) is 0. The highest BCUT2D eigenvalue weighted by atomic mass is 79.9.